The number of rotatable bonds is 9. The summed E-state index contributed by atoms with van der Waals surface area (Å²) in [5.41, 5.74) is 7.13. The van der Waals surface area contributed by atoms with Crippen LogP contribution in [0, 0.1) is 6.92 Å². The summed E-state index contributed by atoms with van der Waals surface area (Å²) in [6.07, 6.45) is 0. The maximum absolute atomic E-state index is 11.1. The highest BCUT2D eigenvalue weighted by Gasteiger charge is 2.17. The largest absolute Gasteiger partial charge is 0.480 e. The Bertz CT molecular complexity index is 1310. The van der Waals surface area contributed by atoms with E-state index in [4.69, 9.17) is 14.4 Å². The molecule has 0 saturated carbocycles. The lowest BCUT2D eigenvalue weighted by atomic mass is 9.94. The molecule has 0 spiro atoms. The SMILES string of the molecule is COCc1cc(-c2nc(-c3ccc(C(C)NC(C)C(=O)O)cc3)no2)ccc1-c1ccccc1C. The van der Waals surface area contributed by atoms with Crippen LogP contribution in [-0.4, -0.2) is 34.4 Å². The Morgan fingerprint density at radius 2 is 1.74 bits per heavy atom. The number of hydrogen-bond acceptors (Lipinski definition) is 6. The van der Waals surface area contributed by atoms with Crippen LogP contribution in [0.1, 0.15) is 36.6 Å². The highest BCUT2D eigenvalue weighted by atomic mass is 16.5. The average Bonchev–Trinajstić information content (AvgIpc) is 3.35. The molecule has 0 aliphatic carbocycles. The van der Waals surface area contributed by atoms with Crippen molar-refractivity contribution in [3.8, 4) is 34.0 Å². The molecule has 2 unspecified atom stereocenters. The molecule has 3 aromatic carbocycles. The van der Waals surface area contributed by atoms with Crippen molar-refractivity contribution in [2.45, 2.75) is 39.5 Å². The molecule has 7 heteroatoms. The fourth-order valence-electron chi connectivity index (χ4n) is 4.06. The Morgan fingerprint density at radius 3 is 2.43 bits per heavy atom. The highest BCUT2D eigenvalue weighted by molar-refractivity contribution is 5.74. The molecular weight excluding hydrogens is 442 g/mol. The van der Waals surface area contributed by atoms with Crippen molar-refractivity contribution in [3.05, 3.63) is 83.4 Å². The predicted molar refractivity (Wildman–Crippen MR) is 135 cm³/mol. The first kappa shape index (κ1) is 24.3. The van der Waals surface area contributed by atoms with Gasteiger partial charge in [0.15, 0.2) is 0 Å². The summed E-state index contributed by atoms with van der Waals surface area (Å²) in [5, 5.41) is 16.3. The quantitative estimate of drug-likeness (QED) is 0.326. The standard InChI is InChI=1S/C28H29N3O4/c1-17-7-5-6-8-24(17)25-14-13-22(15-23(25)16-34-4)27-30-26(31-35-27)21-11-9-20(10-12-21)18(2)29-19(3)28(32)33/h5-15,18-19,29H,16H2,1-4H3,(H,32,33). The van der Waals surface area contributed by atoms with Crippen LogP contribution >= 0.6 is 0 Å². The monoisotopic (exact) mass is 471 g/mol. The molecule has 0 bridgehead atoms. The van der Waals surface area contributed by atoms with Crippen molar-refractivity contribution < 1.29 is 19.2 Å². The summed E-state index contributed by atoms with van der Waals surface area (Å²) in [6.45, 7) is 6.12. The molecule has 0 aliphatic heterocycles. The van der Waals surface area contributed by atoms with Crippen LogP contribution in [0.25, 0.3) is 34.0 Å². The van der Waals surface area contributed by atoms with E-state index in [0.29, 0.717) is 18.3 Å². The maximum atomic E-state index is 11.1. The lowest BCUT2D eigenvalue weighted by molar-refractivity contribution is -0.139. The Labute approximate surface area is 204 Å². The van der Waals surface area contributed by atoms with E-state index in [9.17, 15) is 4.79 Å². The number of nitrogens with zero attached hydrogens (tertiary/aromatic N) is 2. The van der Waals surface area contributed by atoms with Gasteiger partial charge < -0.3 is 14.4 Å². The first-order valence-corrected chi connectivity index (χ1v) is 11.5. The third-order valence-corrected chi connectivity index (χ3v) is 6.05. The van der Waals surface area contributed by atoms with E-state index in [2.05, 4.69) is 40.6 Å². The molecule has 0 fully saturated rings. The summed E-state index contributed by atoms with van der Waals surface area (Å²) < 4.78 is 11.0. The number of aromatic nitrogens is 2. The highest BCUT2D eigenvalue weighted by Crippen LogP contribution is 2.31. The summed E-state index contributed by atoms with van der Waals surface area (Å²) in [5.74, 6) is 0.0406. The van der Waals surface area contributed by atoms with Crippen LogP contribution < -0.4 is 5.32 Å². The molecule has 2 atom stereocenters. The normalized spacial score (nSPS) is 12.9. The van der Waals surface area contributed by atoms with Crippen molar-refractivity contribution in [1.29, 1.82) is 0 Å². The first-order chi connectivity index (χ1) is 16.9. The predicted octanol–water partition coefficient (Wildman–Crippen LogP) is 5.65. The zero-order valence-corrected chi connectivity index (χ0v) is 20.3. The topological polar surface area (TPSA) is 97.5 Å². The zero-order chi connectivity index (χ0) is 24.9. The van der Waals surface area contributed by atoms with Gasteiger partial charge in [-0.15, -0.1) is 0 Å². The molecule has 0 aliphatic rings. The first-order valence-electron chi connectivity index (χ1n) is 11.5. The number of carbonyl (C=O) groups is 1. The number of hydrogen-bond donors (Lipinski definition) is 2. The van der Waals surface area contributed by atoms with Crippen molar-refractivity contribution in [1.82, 2.24) is 15.5 Å². The number of ether oxygens (including phenoxy) is 1. The zero-order valence-electron chi connectivity index (χ0n) is 20.3. The smallest absolute Gasteiger partial charge is 0.320 e. The molecule has 0 amide bonds. The lowest BCUT2D eigenvalue weighted by Crippen LogP contribution is -2.35. The second-order valence-corrected chi connectivity index (χ2v) is 8.61. The minimum Gasteiger partial charge on any atom is -0.480 e. The average molecular weight is 472 g/mol. The fourth-order valence-corrected chi connectivity index (χ4v) is 4.06. The Kier molecular flexibility index (Phi) is 7.39. The summed E-state index contributed by atoms with van der Waals surface area (Å²) >= 11 is 0. The van der Waals surface area contributed by atoms with Gasteiger partial charge in [0.2, 0.25) is 5.82 Å². The van der Waals surface area contributed by atoms with Crippen LogP contribution in [0.4, 0.5) is 0 Å². The summed E-state index contributed by atoms with van der Waals surface area (Å²) in [4.78, 5) is 15.7. The molecule has 4 rings (SSSR count). The lowest BCUT2D eigenvalue weighted by Gasteiger charge is -2.17. The van der Waals surface area contributed by atoms with E-state index in [1.165, 1.54) is 11.1 Å². The van der Waals surface area contributed by atoms with Crippen LogP contribution in [0.3, 0.4) is 0 Å². The number of carboxylic acids is 1. The van der Waals surface area contributed by atoms with Gasteiger partial charge in [0.05, 0.1) is 6.61 Å². The van der Waals surface area contributed by atoms with E-state index < -0.39 is 12.0 Å². The molecular formula is C28H29N3O4. The maximum Gasteiger partial charge on any atom is 0.320 e. The van der Waals surface area contributed by atoms with Gasteiger partial charge in [-0.25, -0.2) is 0 Å². The second-order valence-electron chi connectivity index (χ2n) is 8.61. The summed E-state index contributed by atoms with van der Waals surface area (Å²) in [6, 6.07) is 21.3. The van der Waals surface area contributed by atoms with Crippen molar-refractivity contribution >= 4 is 5.97 Å². The van der Waals surface area contributed by atoms with Gasteiger partial charge in [0.1, 0.15) is 6.04 Å². The van der Waals surface area contributed by atoms with E-state index >= 15 is 0 Å². The molecule has 1 heterocycles. The van der Waals surface area contributed by atoms with E-state index in [0.717, 1.165) is 27.8 Å². The van der Waals surface area contributed by atoms with Gasteiger partial charge in [-0.05, 0) is 60.7 Å². The summed E-state index contributed by atoms with van der Waals surface area (Å²) in [7, 11) is 1.68. The number of nitrogens with one attached hydrogen (secondary N) is 1. The van der Waals surface area contributed by atoms with Gasteiger partial charge in [0.25, 0.3) is 5.89 Å². The molecule has 0 radical (unpaired) electrons. The number of methoxy groups -OCH3 is 1. The van der Waals surface area contributed by atoms with Gasteiger partial charge in [-0.1, -0.05) is 59.8 Å². The number of aryl methyl sites for hydroxylation is 1. The van der Waals surface area contributed by atoms with Gasteiger partial charge >= 0.3 is 5.97 Å². The van der Waals surface area contributed by atoms with E-state index in [1.807, 2.05) is 55.5 Å². The minimum absolute atomic E-state index is 0.109. The Balaban J connectivity index is 1.57. The van der Waals surface area contributed by atoms with Gasteiger partial charge in [-0.3, -0.25) is 10.1 Å². The fraction of sp³-hybridized carbons (Fsp3) is 0.250. The van der Waals surface area contributed by atoms with E-state index in [1.54, 1.807) is 14.0 Å². The molecule has 2 N–H and O–H groups in total. The molecule has 7 nitrogen and oxygen atoms in total. The third-order valence-electron chi connectivity index (χ3n) is 6.05. The van der Waals surface area contributed by atoms with Crippen molar-refractivity contribution in [2.75, 3.05) is 7.11 Å². The third kappa shape index (κ3) is 5.48. The molecule has 1 aromatic heterocycles. The van der Waals surface area contributed by atoms with Crippen LogP contribution in [-0.2, 0) is 16.1 Å². The molecule has 35 heavy (non-hydrogen) atoms. The van der Waals surface area contributed by atoms with E-state index in [-0.39, 0.29) is 6.04 Å². The number of carboxylic acid groups (broad SMARTS) is 1. The second kappa shape index (κ2) is 10.6. The van der Waals surface area contributed by atoms with Crippen LogP contribution in [0.2, 0.25) is 0 Å². The Morgan fingerprint density at radius 1 is 1.03 bits per heavy atom. The van der Waals surface area contributed by atoms with Crippen LogP contribution in [0.5, 0.6) is 0 Å². The Hall–Kier alpha value is -3.81. The minimum atomic E-state index is -0.881. The van der Waals surface area contributed by atoms with Crippen molar-refractivity contribution in [3.63, 3.8) is 0 Å². The molecule has 0 saturated heterocycles. The molecule has 4 aromatic rings. The van der Waals surface area contributed by atoms with Gasteiger partial charge in [0, 0.05) is 24.3 Å². The van der Waals surface area contributed by atoms with Crippen molar-refractivity contribution in [2.24, 2.45) is 0 Å². The van der Waals surface area contributed by atoms with Gasteiger partial charge in [-0.2, -0.15) is 4.98 Å². The molecule has 180 valence electrons. The van der Waals surface area contributed by atoms with Crippen LogP contribution in [0.15, 0.2) is 71.3 Å². The number of benzene rings is 3. The number of aliphatic carboxylic acids is 1.